The summed E-state index contributed by atoms with van der Waals surface area (Å²) in [5, 5.41) is 3.35. The summed E-state index contributed by atoms with van der Waals surface area (Å²) >= 11 is 0. The molecule has 2 aliphatic heterocycles. The van der Waals surface area contributed by atoms with E-state index >= 15 is 0 Å². The Morgan fingerprint density at radius 3 is 2.33 bits per heavy atom. The molecule has 2 heterocycles. The van der Waals surface area contributed by atoms with Gasteiger partial charge in [0.15, 0.2) is 5.78 Å². The minimum Gasteiger partial charge on any atom is -0.314 e. The summed E-state index contributed by atoms with van der Waals surface area (Å²) in [7, 11) is -3.27. The number of Topliss-reactive ketones (excluding diaryl/α,β-unsaturated/α-hetero) is 1. The van der Waals surface area contributed by atoms with Crippen molar-refractivity contribution < 1.29 is 13.2 Å². The Kier molecular flexibility index (Phi) is 6.35. The van der Waals surface area contributed by atoms with Gasteiger partial charge < -0.3 is 5.32 Å². The van der Waals surface area contributed by atoms with Gasteiger partial charge in [-0.3, -0.25) is 9.69 Å². The van der Waals surface area contributed by atoms with Crippen molar-refractivity contribution in [2.75, 3.05) is 45.5 Å². The lowest BCUT2D eigenvalue weighted by molar-refractivity contribution is 0.0883. The van der Waals surface area contributed by atoms with Crippen LogP contribution < -0.4 is 5.32 Å². The molecular weight excluding hydrogens is 362 g/mol. The predicted octanol–water partition coefficient (Wildman–Crippen LogP) is 1.44. The lowest BCUT2D eigenvalue weighted by atomic mass is 9.81. The monoisotopic (exact) mass is 393 g/mol. The molecule has 1 aromatic rings. The molecule has 150 valence electrons. The van der Waals surface area contributed by atoms with Crippen molar-refractivity contribution in [3.8, 4) is 0 Å². The van der Waals surface area contributed by atoms with Crippen LogP contribution in [-0.2, 0) is 16.6 Å². The number of hydrogen-bond acceptors (Lipinski definition) is 5. The average molecular weight is 394 g/mol. The first-order valence-corrected chi connectivity index (χ1v) is 11.6. The summed E-state index contributed by atoms with van der Waals surface area (Å²) < 4.78 is 25.3. The number of benzene rings is 1. The number of sulfonamides is 1. The van der Waals surface area contributed by atoms with Crippen LogP contribution in [0.3, 0.4) is 0 Å². The number of carbonyl (C=O) groups excluding carboxylic acids is 1. The third-order valence-electron chi connectivity index (χ3n) is 5.85. The standard InChI is InChI=1S/C20H31N3O3S/c1-15(2)18-13-23(27(3,25)26)14-19(18)20(24)17-6-4-16(5-7-17)12-22-10-8-21-9-11-22/h4-7,15,18-19,21H,8-14H2,1-3H3/t18-,19?/m1/s1. The largest absolute Gasteiger partial charge is 0.314 e. The zero-order valence-electron chi connectivity index (χ0n) is 16.5. The van der Waals surface area contributed by atoms with Crippen molar-refractivity contribution in [1.29, 1.82) is 0 Å². The lowest BCUT2D eigenvalue weighted by Crippen LogP contribution is -2.42. The highest BCUT2D eigenvalue weighted by Crippen LogP contribution is 2.33. The Morgan fingerprint density at radius 1 is 1.15 bits per heavy atom. The maximum absolute atomic E-state index is 13.1. The molecule has 0 bridgehead atoms. The van der Waals surface area contributed by atoms with Gasteiger partial charge in [-0.25, -0.2) is 12.7 Å². The summed E-state index contributed by atoms with van der Waals surface area (Å²) in [6, 6.07) is 7.87. The molecule has 0 saturated carbocycles. The van der Waals surface area contributed by atoms with Crippen LogP contribution in [0.1, 0.15) is 29.8 Å². The zero-order chi connectivity index (χ0) is 19.6. The highest BCUT2D eigenvalue weighted by molar-refractivity contribution is 7.88. The SMILES string of the molecule is CC(C)[C@H]1CN(S(C)(=O)=O)CC1C(=O)c1ccc(CN2CCNCC2)cc1. The van der Waals surface area contributed by atoms with E-state index in [9.17, 15) is 13.2 Å². The van der Waals surface area contributed by atoms with Crippen LogP contribution in [0, 0.1) is 17.8 Å². The fourth-order valence-electron chi connectivity index (χ4n) is 4.13. The van der Waals surface area contributed by atoms with Crippen molar-refractivity contribution in [3.05, 3.63) is 35.4 Å². The highest BCUT2D eigenvalue weighted by atomic mass is 32.2. The van der Waals surface area contributed by atoms with Crippen LogP contribution in [-0.4, -0.2) is 68.9 Å². The Labute approximate surface area is 163 Å². The van der Waals surface area contributed by atoms with E-state index in [1.165, 1.54) is 16.1 Å². The molecule has 6 nitrogen and oxygen atoms in total. The van der Waals surface area contributed by atoms with Crippen LogP contribution in [0.5, 0.6) is 0 Å². The van der Waals surface area contributed by atoms with E-state index in [-0.39, 0.29) is 23.5 Å². The second kappa shape index (κ2) is 8.39. The molecule has 1 N–H and O–H groups in total. The van der Waals surface area contributed by atoms with E-state index in [4.69, 9.17) is 0 Å². The minimum atomic E-state index is -3.27. The van der Waals surface area contributed by atoms with Crippen molar-refractivity contribution in [3.63, 3.8) is 0 Å². The van der Waals surface area contributed by atoms with Gasteiger partial charge in [-0.15, -0.1) is 0 Å². The second-order valence-corrected chi connectivity index (χ2v) is 10.2. The van der Waals surface area contributed by atoms with Crippen LogP contribution in [0.2, 0.25) is 0 Å². The summed E-state index contributed by atoms with van der Waals surface area (Å²) in [4.78, 5) is 15.5. The molecule has 2 fully saturated rings. The van der Waals surface area contributed by atoms with Crippen LogP contribution in [0.15, 0.2) is 24.3 Å². The third-order valence-corrected chi connectivity index (χ3v) is 7.08. The first kappa shape index (κ1) is 20.5. The molecule has 3 rings (SSSR count). The van der Waals surface area contributed by atoms with Crippen molar-refractivity contribution >= 4 is 15.8 Å². The number of nitrogens with one attached hydrogen (secondary N) is 1. The summed E-state index contributed by atoms with van der Waals surface area (Å²) in [6.45, 7) is 9.88. The normalized spacial score (nSPS) is 25.2. The van der Waals surface area contributed by atoms with Gasteiger partial charge in [-0.05, 0) is 17.4 Å². The van der Waals surface area contributed by atoms with Gasteiger partial charge in [-0.2, -0.15) is 0 Å². The van der Waals surface area contributed by atoms with Gasteiger partial charge >= 0.3 is 0 Å². The fraction of sp³-hybridized carbons (Fsp3) is 0.650. The predicted molar refractivity (Wildman–Crippen MR) is 107 cm³/mol. The van der Waals surface area contributed by atoms with E-state index in [0.717, 1.165) is 32.7 Å². The number of rotatable bonds is 6. The Hall–Kier alpha value is -1.28. The van der Waals surface area contributed by atoms with E-state index < -0.39 is 10.0 Å². The van der Waals surface area contributed by atoms with E-state index in [2.05, 4.69) is 24.1 Å². The molecule has 0 aromatic heterocycles. The molecule has 7 heteroatoms. The molecule has 1 aromatic carbocycles. The smallest absolute Gasteiger partial charge is 0.211 e. The molecule has 1 unspecified atom stereocenters. The quantitative estimate of drug-likeness (QED) is 0.741. The van der Waals surface area contributed by atoms with Gasteiger partial charge in [-0.1, -0.05) is 38.1 Å². The Morgan fingerprint density at radius 2 is 1.78 bits per heavy atom. The van der Waals surface area contributed by atoms with Crippen molar-refractivity contribution in [2.24, 2.45) is 17.8 Å². The number of hydrogen-bond donors (Lipinski definition) is 1. The maximum atomic E-state index is 13.1. The summed E-state index contributed by atoms with van der Waals surface area (Å²) in [5.41, 5.74) is 1.89. The molecular formula is C20H31N3O3S. The maximum Gasteiger partial charge on any atom is 0.211 e. The summed E-state index contributed by atoms with van der Waals surface area (Å²) in [6.07, 6.45) is 1.22. The summed E-state index contributed by atoms with van der Waals surface area (Å²) in [5.74, 6) is 0.123. The number of nitrogens with zero attached hydrogens (tertiary/aromatic N) is 2. The average Bonchev–Trinajstić information content (AvgIpc) is 3.09. The first-order valence-electron chi connectivity index (χ1n) is 9.77. The molecule has 27 heavy (non-hydrogen) atoms. The molecule has 0 radical (unpaired) electrons. The van der Waals surface area contributed by atoms with Gasteiger partial charge in [0.1, 0.15) is 0 Å². The van der Waals surface area contributed by atoms with Crippen LogP contribution in [0.25, 0.3) is 0 Å². The highest BCUT2D eigenvalue weighted by Gasteiger charge is 2.42. The molecule has 2 saturated heterocycles. The molecule has 2 atom stereocenters. The Bertz CT molecular complexity index is 755. The van der Waals surface area contributed by atoms with Crippen molar-refractivity contribution in [2.45, 2.75) is 20.4 Å². The van der Waals surface area contributed by atoms with Crippen LogP contribution >= 0.6 is 0 Å². The van der Waals surface area contributed by atoms with Gasteiger partial charge in [0.25, 0.3) is 0 Å². The zero-order valence-corrected chi connectivity index (χ0v) is 17.3. The third kappa shape index (κ3) is 4.96. The fourth-order valence-corrected chi connectivity index (χ4v) is 5.01. The van der Waals surface area contributed by atoms with Crippen molar-refractivity contribution in [1.82, 2.24) is 14.5 Å². The van der Waals surface area contributed by atoms with Crippen LogP contribution in [0.4, 0.5) is 0 Å². The van der Waals surface area contributed by atoms with Gasteiger partial charge in [0.05, 0.1) is 6.26 Å². The van der Waals surface area contributed by atoms with E-state index in [0.29, 0.717) is 18.7 Å². The topological polar surface area (TPSA) is 69.7 Å². The minimum absolute atomic E-state index is 0.0627. The van der Waals surface area contributed by atoms with E-state index in [1.54, 1.807) is 0 Å². The Balaban J connectivity index is 1.70. The number of ketones is 1. The van der Waals surface area contributed by atoms with Gasteiger partial charge in [0, 0.05) is 57.3 Å². The lowest BCUT2D eigenvalue weighted by Gasteiger charge is -2.27. The molecule has 2 aliphatic rings. The van der Waals surface area contributed by atoms with Gasteiger partial charge in [0.2, 0.25) is 10.0 Å². The second-order valence-electron chi connectivity index (χ2n) is 8.18. The first-order chi connectivity index (χ1) is 12.8. The number of piperazine rings is 1. The number of carbonyl (C=O) groups is 1. The van der Waals surface area contributed by atoms with E-state index in [1.807, 2.05) is 24.3 Å². The molecule has 0 aliphatic carbocycles. The molecule has 0 amide bonds. The molecule has 0 spiro atoms.